The Hall–Kier alpha value is -2.06. The van der Waals surface area contributed by atoms with E-state index in [1.54, 1.807) is 20.8 Å². The lowest BCUT2D eigenvalue weighted by atomic mass is 10.0. The number of hydrogen-bond donors (Lipinski definition) is 0. The average Bonchev–Trinajstić information content (AvgIpc) is 2.76. The monoisotopic (exact) mass is 333 g/mol. The number of aromatic nitrogens is 2. The second-order valence-corrected chi connectivity index (χ2v) is 6.53. The van der Waals surface area contributed by atoms with E-state index in [2.05, 4.69) is 5.10 Å². The third kappa shape index (κ3) is 4.46. The van der Waals surface area contributed by atoms with Crippen LogP contribution in [0.15, 0.2) is 12.4 Å². The molecule has 6 nitrogen and oxygen atoms in total. The molecule has 1 amide bonds. The SMILES string of the molecule is CC(C)(C)OC(=O)N1CC(Cn2cc(C(=O)C(F)(F)F)cn2)C1. The molecule has 0 unspecified atom stereocenters. The number of carbonyl (C=O) groups is 2. The molecule has 2 heterocycles. The molecule has 1 aliphatic heterocycles. The second kappa shape index (κ2) is 5.86. The van der Waals surface area contributed by atoms with Crippen molar-refractivity contribution >= 4 is 11.9 Å². The zero-order valence-electron chi connectivity index (χ0n) is 13.1. The minimum Gasteiger partial charge on any atom is -0.444 e. The number of halogens is 3. The summed E-state index contributed by atoms with van der Waals surface area (Å²) in [5, 5.41) is 3.76. The fraction of sp³-hybridized carbons (Fsp3) is 0.643. The molecule has 0 saturated carbocycles. The molecule has 1 aliphatic rings. The van der Waals surface area contributed by atoms with Gasteiger partial charge >= 0.3 is 12.3 Å². The normalized spacial score (nSPS) is 16.2. The topological polar surface area (TPSA) is 64.4 Å². The van der Waals surface area contributed by atoms with Crippen LogP contribution in [0.1, 0.15) is 31.1 Å². The van der Waals surface area contributed by atoms with E-state index in [4.69, 9.17) is 4.74 Å². The standard InChI is InChI=1S/C14H18F3N3O3/c1-13(2,3)23-12(22)19-5-9(6-19)7-20-8-10(4-18-20)11(21)14(15,16)17/h4,8-9H,5-7H2,1-3H3. The van der Waals surface area contributed by atoms with Crippen molar-refractivity contribution in [3.8, 4) is 0 Å². The number of likely N-dealkylation sites (tertiary alicyclic amines) is 1. The minimum atomic E-state index is -4.90. The molecular weight excluding hydrogens is 315 g/mol. The number of ether oxygens (including phenoxy) is 1. The Kier molecular flexibility index (Phi) is 4.41. The Labute approximate surface area is 131 Å². The Bertz CT molecular complexity index is 598. The highest BCUT2D eigenvalue weighted by Crippen LogP contribution is 2.23. The van der Waals surface area contributed by atoms with E-state index in [0.29, 0.717) is 19.6 Å². The van der Waals surface area contributed by atoms with Gasteiger partial charge in [-0.1, -0.05) is 0 Å². The van der Waals surface area contributed by atoms with Crippen molar-refractivity contribution in [2.24, 2.45) is 5.92 Å². The zero-order chi connectivity index (χ0) is 17.4. The highest BCUT2D eigenvalue weighted by atomic mass is 19.4. The van der Waals surface area contributed by atoms with Crippen molar-refractivity contribution < 1.29 is 27.5 Å². The number of carbonyl (C=O) groups excluding carboxylic acids is 2. The third-order valence-corrected chi connectivity index (χ3v) is 3.21. The summed E-state index contributed by atoms with van der Waals surface area (Å²) in [6.07, 6.45) is -3.34. The number of hydrogen-bond acceptors (Lipinski definition) is 4. The minimum absolute atomic E-state index is 0.0660. The summed E-state index contributed by atoms with van der Waals surface area (Å²) in [4.78, 5) is 24.3. The van der Waals surface area contributed by atoms with Gasteiger partial charge in [0.1, 0.15) is 5.60 Å². The molecule has 9 heteroatoms. The first-order valence-electron chi connectivity index (χ1n) is 7.07. The van der Waals surface area contributed by atoms with E-state index in [0.717, 1.165) is 12.4 Å². The summed E-state index contributed by atoms with van der Waals surface area (Å²) >= 11 is 0. The van der Waals surface area contributed by atoms with E-state index in [1.807, 2.05) is 0 Å². The van der Waals surface area contributed by atoms with Crippen LogP contribution in [0.25, 0.3) is 0 Å². The van der Waals surface area contributed by atoms with Crippen molar-refractivity contribution in [2.75, 3.05) is 13.1 Å². The molecule has 0 N–H and O–H groups in total. The maximum Gasteiger partial charge on any atom is 0.454 e. The maximum absolute atomic E-state index is 12.3. The molecule has 0 bridgehead atoms. The molecule has 1 fully saturated rings. The van der Waals surface area contributed by atoms with Gasteiger partial charge in [0, 0.05) is 31.7 Å². The maximum atomic E-state index is 12.3. The zero-order valence-corrected chi connectivity index (χ0v) is 13.1. The van der Waals surface area contributed by atoms with Gasteiger partial charge in [0.05, 0.1) is 11.8 Å². The van der Waals surface area contributed by atoms with Gasteiger partial charge in [-0.05, 0) is 20.8 Å². The molecule has 0 spiro atoms. The highest BCUT2D eigenvalue weighted by Gasteiger charge is 2.40. The molecule has 0 aliphatic carbocycles. The lowest BCUT2D eigenvalue weighted by Gasteiger charge is -2.39. The van der Waals surface area contributed by atoms with Gasteiger partial charge in [-0.3, -0.25) is 9.48 Å². The first-order valence-corrected chi connectivity index (χ1v) is 7.07. The van der Waals surface area contributed by atoms with E-state index in [1.165, 1.54) is 9.58 Å². The fourth-order valence-corrected chi connectivity index (χ4v) is 2.17. The van der Waals surface area contributed by atoms with Gasteiger partial charge in [0.15, 0.2) is 0 Å². The Balaban J connectivity index is 1.84. The first kappa shape index (κ1) is 17.3. The van der Waals surface area contributed by atoms with Gasteiger partial charge in [0.2, 0.25) is 0 Å². The predicted molar refractivity (Wildman–Crippen MR) is 73.9 cm³/mol. The largest absolute Gasteiger partial charge is 0.454 e. The van der Waals surface area contributed by atoms with Crippen LogP contribution >= 0.6 is 0 Å². The molecule has 1 aromatic rings. The number of Topliss-reactive ketones (excluding diaryl/α,β-unsaturated/α-hetero) is 1. The van der Waals surface area contributed by atoms with Gasteiger partial charge in [-0.2, -0.15) is 18.3 Å². The lowest BCUT2D eigenvalue weighted by Crippen LogP contribution is -2.52. The lowest BCUT2D eigenvalue weighted by molar-refractivity contribution is -0.0885. The van der Waals surface area contributed by atoms with Crippen molar-refractivity contribution in [3.63, 3.8) is 0 Å². The van der Waals surface area contributed by atoms with Gasteiger partial charge in [-0.15, -0.1) is 0 Å². The van der Waals surface area contributed by atoms with Crippen LogP contribution in [0.5, 0.6) is 0 Å². The van der Waals surface area contributed by atoms with Crippen LogP contribution in [0.3, 0.4) is 0 Å². The summed E-state index contributed by atoms with van der Waals surface area (Å²) in [5.74, 6) is -1.84. The summed E-state index contributed by atoms with van der Waals surface area (Å²) in [5.41, 5.74) is -1.06. The highest BCUT2D eigenvalue weighted by molar-refractivity contribution is 5.99. The number of nitrogens with zero attached hydrogens (tertiary/aromatic N) is 3. The number of rotatable bonds is 3. The molecule has 23 heavy (non-hydrogen) atoms. The van der Waals surface area contributed by atoms with E-state index in [-0.39, 0.29) is 5.92 Å². The van der Waals surface area contributed by atoms with Crippen molar-refractivity contribution in [2.45, 2.75) is 39.1 Å². The van der Waals surface area contributed by atoms with Crippen molar-refractivity contribution in [3.05, 3.63) is 18.0 Å². The van der Waals surface area contributed by atoms with Crippen LogP contribution in [0.4, 0.5) is 18.0 Å². The van der Waals surface area contributed by atoms with E-state index in [9.17, 15) is 22.8 Å². The quantitative estimate of drug-likeness (QED) is 0.797. The van der Waals surface area contributed by atoms with Crippen molar-refractivity contribution in [1.82, 2.24) is 14.7 Å². The molecule has 0 radical (unpaired) electrons. The number of alkyl halides is 3. The smallest absolute Gasteiger partial charge is 0.444 e. The first-order chi connectivity index (χ1) is 10.5. The van der Waals surface area contributed by atoms with Crippen LogP contribution in [0.2, 0.25) is 0 Å². The molecule has 0 atom stereocenters. The number of amides is 1. The summed E-state index contributed by atoms with van der Waals surface area (Å²) in [6, 6.07) is 0. The molecular formula is C14H18F3N3O3. The Morgan fingerprint density at radius 1 is 1.30 bits per heavy atom. The van der Waals surface area contributed by atoms with Gasteiger partial charge in [0.25, 0.3) is 5.78 Å². The summed E-state index contributed by atoms with van der Waals surface area (Å²) in [6.45, 7) is 6.53. The van der Waals surface area contributed by atoms with E-state index >= 15 is 0 Å². The molecule has 2 rings (SSSR count). The third-order valence-electron chi connectivity index (χ3n) is 3.21. The Morgan fingerprint density at radius 3 is 2.43 bits per heavy atom. The summed E-state index contributed by atoms with van der Waals surface area (Å²) in [7, 11) is 0. The second-order valence-electron chi connectivity index (χ2n) is 6.53. The predicted octanol–water partition coefficient (Wildman–Crippen LogP) is 2.50. The van der Waals surface area contributed by atoms with Crippen LogP contribution < -0.4 is 0 Å². The van der Waals surface area contributed by atoms with Crippen LogP contribution in [0, 0.1) is 5.92 Å². The average molecular weight is 333 g/mol. The van der Waals surface area contributed by atoms with Crippen LogP contribution in [-0.4, -0.2) is 51.4 Å². The fourth-order valence-electron chi connectivity index (χ4n) is 2.17. The summed E-state index contributed by atoms with van der Waals surface area (Å²) < 4.78 is 43.4. The van der Waals surface area contributed by atoms with Gasteiger partial charge < -0.3 is 9.64 Å². The Morgan fingerprint density at radius 2 is 1.91 bits per heavy atom. The number of ketones is 1. The molecule has 128 valence electrons. The molecule has 0 aromatic carbocycles. The van der Waals surface area contributed by atoms with Gasteiger partial charge in [-0.25, -0.2) is 4.79 Å². The molecule has 1 aromatic heterocycles. The van der Waals surface area contributed by atoms with E-state index < -0.39 is 29.2 Å². The molecule has 1 saturated heterocycles. The van der Waals surface area contributed by atoms with Crippen LogP contribution in [-0.2, 0) is 11.3 Å². The van der Waals surface area contributed by atoms with Crippen molar-refractivity contribution in [1.29, 1.82) is 0 Å².